The van der Waals surface area contributed by atoms with Gasteiger partial charge in [-0.05, 0) is 37.1 Å². The van der Waals surface area contributed by atoms with Crippen LogP contribution in [0.2, 0.25) is 0 Å². The standard InChI is InChI=1S/C23H21N3O5/c1-14(26-21(28)17-7-2-3-8-18(17)22(26)29)23(30)31-13-20(27)24-11-10-15-12-25-19-9-5-4-6-16(15)19/h2-9,12,14,25H,10-11,13H2,1H3,(H,24,27)/t14-/m0/s1. The van der Waals surface area contributed by atoms with Gasteiger partial charge in [0.1, 0.15) is 6.04 Å². The van der Waals surface area contributed by atoms with Crippen molar-refractivity contribution >= 4 is 34.6 Å². The number of aromatic amines is 1. The molecule has 0 saturated heterocycles. The van der Waals surface area contributed by atoms with Crippen molar-refractivity contribution < 1.29 is 23.9 Å². The van der Waals surface area contributed by atoms with E-state index < -0.39 is 36.3 Å². The first kappa shape index (κ1) is 20.3. The number of esters is 1. The lowest BCUT2D eigenvalue weighted by molar-refractivity contribution is -0.151. The first-order valence-corrected chi connectivity index (χ1v) is 9.92. The highest BCUT2D eigenvalue weighted by Crippen LogP contribution is 2.24. The minimum atomic E-state index is -1.13. The van der Waals surface area contributed by atoms with E-state index in [0.29, 0.717) is 13.0 Å². The number of hydrogen-bond donors (Lipinski definition) is 2. The number of fused-ring (bicyclic) bond motifs is 2. The molecule has 0 saturated carbocycles. The summed E-state index contributed by atoms with van der Waals surface area (Å²) in [5, 5.41) is 3.80. The highest BCUT2D eigenvalue weighted by atomic mass is 16.5. The first-order valence-electron chi connectivity index (χ1n) is 9.92. The monoisotopic (exact) mass is 419 g/mol. The normalized spacial score (nSPS) is 13.9. The van der Waals surface area contributed by atoms with Gasteiger partial charge in [-0.25, -0.2) is 4.79 Å². The van der Waals surface area contributed by atoms with Gasteiger partial charge >= 0.3 is 5.97 Å². The van der Waals surface area contributed by atoms with Crippen LogP contribution >= 0.6 is 0 Å². The van der Waals surface area contributed by atoms with Crippen molar-refractivity contribution in [3.8, 4) is 0 Å². The number of ether oxygens (including phenoxy) is 1. The number of hydrogen-bond acceptors (Lipinski definition) is 5. The molecular weight excluding hydrogens is 398 g/mol. The van der Waals surface area contributed by atoms with Crippen LogP contribution in [0.25, 0.3) is 10.9 Å². The Morgan fingerprint density at radius 2 is 1.68 bits per heavy atom. The molecular formula is C23H21N3O5. The van der Waals surface area contributed by atoms with Gasteiger partial charge in [-0.1, -0.05) is 30.3 Å². The molecule has 8 heteroatoms. The largest absolute Gasteiger partial charge is 0.454 e. The van der Waals surface area contributed by atoms with Gasteiger partial charge in [0.2, 0.25) is 0 Å². The summed E-state index contributed by atoms with van der Waals surface area (Å²) in [6.07, 6.45) is 2.52. The summed E-state index contributed by atoms with van der Waals surface area (Å²) in [4.78, 5) is 53.3. The highest BCUT2D eigenvalue weighted by molar-refractivity contribution is 6.22. The Kier molecular flexibility index (Phi) is 5.53. The number of imide groups is 1. The SMILES string of the molecule is C[C@@H](C(=O)OCC(=O)NCCc1c[nH]c2ccccc12)N1C(=O)c2ccccc2C1=O. The number of para-hydroxylation sites is 1. The van der Waals surface area contributed by atoms with Crippen LogP contribution in [0.3, 0.4) is 0 Å². The van der Waals surface area contributed by atoms with Gasteiger partial charge in [-0.15, -0.1) is 0 Å². The molecule has 0 spiro atoms. The summed E-state index contributed by atoms with van der Waals surface area (Å²) in [5.74, 6) is -2.37. The number of rotatable bonds is 7. The van der Waals surface area contributed by atoms with E-state index in [0.717, 1.165) is 21.4 Å². The van der Waals surface area contributed by atoms with E-state index in [1.165, 1.54) is 19.1 Å². The van der Waals surface area contributed by atoms with E-state index in [1.807, 2.05) is 30.5 Å². The number of carbonyl (C=O) groups is 4. The average molecular weight is 419 g/mol. The second kappa shape index (κ2) is 8.43. The Balaban J connectivity index is 1.26. The molecule has 1 aliphatic heterocycles. The Hall–Kier alpha value is -3.94. The molecule has 3 aromatic rings. The number of benzene rings is 2. The Labute approximate surface area is 178 Å². The fourth-order valence-corrected chi connectivity index (χ4v) is 3.65. The van der Waals surface area contributed by atoms with Crippen molar-refractivity contribution in [2.75, 3.05) is 13.2 Å². The third-order valence-corrected chi connectivity index (χ3v) is 5.29. The molecule has 0 bridgehead atoms. The van der Waals surface area contributed by atoms with Gasteiger partial charge in [0, 0.05) is 23.6 Å². The summed E-state index contributed by atoms with van der Waals surface area (Å²) in [7, 11) is 0. The van der Waals surface area contributed by atoms with Crippen LogP contribution in [0.15, 0.2) is 54.7 Å². The molecule has 3 amide bonds. The van der Waals surface area contributed by atoms with Crippen LogP contribution in [0.5, 0.6) is 0 Å². The molecule has 4 rings (SSSR count). The maximum Gasteiger partial charge on any atom is 0.329 e. The number of nitrogens with one attached hydrogen (secondary N) is 2. The van der Waals surface area contributed by atoms with Crippen LogP contribution in [0.1, 0.15) is 33.2 Å². The van der Waals surface area contributed by atoms with Crippen LogP contribution < -0.4 is 5.32 Å². The number of nitrogens with zero attached hydrogens (tertiary/aromatic N) is 1. The van der Waals surface area contributed by atoms with Gasteiger partial charge in [0.05, 0.1) is 11.1 Å². The van der Waals surface area contributed by atoms with Gasteiger partial charge in [0.15, 0.2) is 6.61 Å². The van der Waals surface area contributed by atoms with E-state index in [4.69, 9.17) is 4.74 Å². The predicted octanol–water partition coefficient (Wildman–Crippen LogP) is 2.05. The van der Waals surface area contributed by atoms with Crippen molar-refractivity contribution in [2.45, 2.75) is 19.4 Å². The maximum absolute atomic E-state index is 12.5. The zero-order valence-corrected chi connectivity index (χ0v) is 16.9. The summed E-state index contributed by atoms with van der Waals surface area (Å²) < 4.78 is 5.03. The molecule has 1 atom stereocenters. The van der Waals surface area contributed by atoms with E-state index >= 15 is 0 Å². The molecule has 158 valence electrons. The smallest absolute Gasteiger partial charge is 0.329 e. The van der Waals surface area contributed by atoms with Crippen molar-refractivity contribution in [2.24, 2.45) is 0 Å². The molecule has 0 fully saturated rings. The number of carbonyl (C=O) groups excluding carboxylic acids is 4. The molecule has 2 N–H and O–H groups in total. The average Bonchev–Trinajstić information content (AvgIpc) is 3.31. The van der Waals surface area contributed by atoms with E-state index in [1.54, 1.807) is 12.1 Å². The van der Waals surface area contributed by atoms with Crippen molar-refractivity contribution in [3.63, 3.8) is 0 Å². The molecule has 8 nitrogen and oxygen atoms in total. The second-order valence-corrected chi connectivity index (χ2v) is 7.27. The first-order chi connectivity index (χ1) is 15.0. The van der Waals surface area contributed by atoms with Crippen molar-refractivity contribution in [3.05, 3.63) is 71.4 Å². The van der Waals surface area contributed by atoms with Gasteiger partial charge in [0.25, 0.3) is 17.7 Å². The number of H-pyrrole nitrogens is 1. The molecule has 2 heterocycles. The molecule has 0 radical (unpaired) electrons. The Morgan fingerprint density at radius 3 is 2.39 bits per heavy atom. The number of aromatic nitrogens is 1. The second-order valence-electron chi connectivity index (χ2n) is 7.27. The zero-order chi connectivity index (χ0) is 22.0. The van der Waals surface area contributed by atoms with Crippen LogP contribution in [0, 0.1) is 0 Å². The van der Waals surface area contributed by atoms with Crippen molar-refractivity contribution in [1.82, 2.24) is 15.2 Å². The molecule has 1 aromatic heterocycles. The molecule has 0 unspecified atom stereocenters. The fourth-order valence-electron chi connectivity index (χ4n) is 3.65. The van der Waals surface area contributed by atoms with Gasteiger partial charge < -0.3 is 15.0 Å². The minimum Gasteiger partial charge on any atom is -0.454 e. The Bertz CT molecular complexity index is 1150. The maximum atomic E-state index is 12.5. The summed E-state index contributed by atoms with van der Waals surface area (Å²) in [6.45, 7) is 1.30. The summed E-state index contributed by atoms with van der Waals surface area (Å²) in [5.41, 5.74) is 2.61. The summed E-state index contributed by atoms with van der Waals surface area (Å²) >= 11 is 0. The third kappa shape index (κ3) is 3.92. The predicted molar refractivity (Wildman–Crippen MR) is 112 cm³/mol. The van der Waals surface area contributed by atoms with Crippen LogP contribution in [0.4, 0.5) is 0 Å². The number of amides is 3. The lowest BCUT2D eigenvalue weighted by atomic mass is 10.1. The molecule has 2 aromatic carbocycles. The molecule has 1 aliphatic rings. The van der Waals surface area contributed by atoms with E-state index in [2.05, 4.69) is 10.3 Å². The van der Waals surface area contributed by atoms with Crippen LogP contribution in [-0.4, -0.2) is 52.8 Å². The lowest BCUT2D eigenvalue weighted by Gasteiger charge is -2.20. The lowest BCUT2D eigenvalue weighted by Crippen LogP contribution is -2.44. The van der Waals surface area contributed by atoms with E-state index in [9.17, 15) is 19.2 Å². The highest BCUT2D eigenvalue weighted by Gasteiger charge is 2.41. The van der Waals surface area contributed by atoms with Gasteiger partial charge in [-0.3, -0.25) is 19.3 Å². The third-order valence-electron chi connectivity index (χ3n) is 5.29. The summed E-state index contributed by atoms with van der Waals surface area (Å²) in [6, 6.07) is 13.1. The zero-order valence-electron chi connectivity index (χ0n) is 16.9. The van der Waals surface area contributed by atoms with Crippen molar-refractivity contribution in [1.29, 1.82) is 0 Å². The molecule has 0 aliphatic carbocycles. The fraction of sp³-hybridized carbons (Fsp3) is 0.217. The van der Waals surface area contributed by atoms with Crippen LogP contribution in [-0.2, 0) is 20.7 Å². The van der Waals surface area contributed by atoms with E-state index in [-0.39, 0.29) is 11.1 Å². The topological polar surface area (TPSA) is 109 Å². The minimum absolute atomic E-state index is 0.252. The Morgan fingerprint density at radius 1 is 1.03 bits per heavy atom. The quantitative estimate of drug-likeness (QED) is 0.450. The van der Waals surface area contributed by atoms with Gasteiger partial charge in [-0.2, -0.15) is 0 Å². The molecule has 31 heavy (non-hydrogen) atoms.